The van der Waals surface area contributed by atoms with E-state index in [0.717, 1.165) is 13.1 Å². The zero-order chi connectivity index (χ0) is 11.8. The van der Waals surface area contributed by atoms with Crippen LogP contribution in [0.1, 0.15) is 26.3 Å². The fourth-order valence-electron chi connectivity index (χ4n) is 2.25. The molecule has 1 aromatic heterocycles. The lowest BCUT2D eigenvalue weighted by molar-refractivity contribution is 0.318. The first-order chi connectivity index (χ1) is 7.49. The number of aryl methyl sites for hydroxylation is 1. The van der Waals surface area contributed by atoms with Gasteiger partial charge in [-0.15, -0.1) is 0 Å². The lowest BCUT2D eigenvalue weighted by Gasteiger charge is -2.45. The maximum absolute atomic E-state index is 4.24. The molecule has 0 saturated carbocycles. The Hall–Kier alpha value is -1.09. The van der Waals surface area contributed by atoms with Crippen molar-refractivity contribution in [3.63, 3.8) is 0 Å². The summed E-state index contributed by atoms with van der Waals surface area (Å²) in [7, 11) is 0. The van der Waals surface area contributed by atoms with Crippen LogP contribution in [0.15, 0.2) is 18.5 Å². The van der Waals surface area contributed by atoms with Gasteiger partial charge in [-0.1, -0.05) is 0 Å². The molecule has 3 heteroatoms. The Morgan fingerprint density at radius 1 is 1.50 bits per heavy atom. The minimum atomic E-state index is 0.175. The predicted molar refractivity (Wildman–Crippen MR) is 67.9 cm³/mol. The van der Waals surface area contributed by atoms with Crippen molar-refractivity contribution in [2.45, 2.75) is 39.3 Å². The molecule has 0 aliphatic carbocycles. The summed E-state index contributed by atoms with van der Waals surface area (Å²) < 4.78 is 0. The Labute approximate surface area is 97.9 Å². The Morgan fingerprint density at radius 2 is 2.25 bits per heavy atom. The normalized spacial score (nSPS) is 24.5. The first-order valence-electron chi connectivity index (χ1n) is 5.92. The van der Waals surface area contributed by atoms with Gasteiger partial charge in [0.05, 0.1) is 11.9 Å². The molecule has 2 heterocycles. The molecule has 1 saturated heterocycles. The number of rotatable bonds is 1. The molecule has 16 heavy (non-hydrogen) atoms. The van der Waals surface area contributed by atoms with Crippen LogP contribution in [-0.4, -0.2) is 29.7 Å². The van der Waals surface area contributed by atoms with Crippen molar-refractivity contribution in [1.82, 2.24) is 10.3 Å². The number of anilines is 1. The fourth-order valence-corrected chi connectivity index (χ4v) is 2.25. The summed E-state index contributed by atoms with van der Waals surface area (Å²) in [5.74, 6) is 0. The highest BCUT2D eigenvalue weighted by atomic mass is 15.3. The molecule has 0 radical (unpaired) electrons. The van der Waals surface area contributed by atoms with Gasteiger partial charge in [0.2, 0.25) is 0 Å². The van der Waals surface area contributed by atoms with Crippen molar-refractivity contribution < 1.29 is 0 Å². The topological polar surface area (TPSA) is 28.2 Å². The molecule has 1 atom stereocenters. The van der Waals surface area contributed by atoms with Crippen LogP contribution in [0.5, 0.6) is 0 Å². The summed E-state index contributed by atoms with van der Waals surface area (Å²) in [5, 5.41) is 3.57. The second-order valence-electron chi connectivity index (χ2n) is 5.40. The van der Waals surface area contributed by atoms with E-state index in [1.165, 1.54) is 11.3 Å². The standard InChI is InChI=1S/C13H21N3/c1-10-5-6-14-8-12(10)16-9-13(3,4)15-7-11(16)2/h5-6,8,11,15H,7,9H2,1-4H3. The zero-order valence-electron chi connectivity index (χ0n) is 10.6. The Kier molecular flexibility index (Phi) is 2.89. The Balaban J connectivity index is 2.28. The maximum Gasteiger partial charge on any atom is 0.0585 e. The van der Waals surface area contributed by atoms with Crippen molar-refractivity contribution in [1.29, 1.82) is 0 Å². The van der Waals surface area contributed by atoms with E-state index in [1.54, 1.807) is 0 Å². The molecule has 88 valence electrons. The minimum Gasteiger partial charge on any atom is -0.364 e. The van der Waals surface area contributed by atoms with Crippen molar-refractivity contribution in [3.05, 3.63) is 24.0 Å². The van der Waals surface area contributed by atoms with E-state index in [0.29, 0.717) is 6.04 Å². The molecule has 1 N–H and O–H groups in total. The lowest BCUT2D eigenvalue weighted by atomic mass is 9.98. The molecular formula is C13H21N3. The molecule has 0 aromatic carbocycles. The van der Waals surface area contributed by atoms with E-state index in [1.807, 2.05) is 12.4 Å². The van der Waals surface area contributed by atoms with Crippen LogP contribution in [-0.2, 0) is 0 Å². The van der Waals surface area contributed by atoms with Gasteiger partial charge in [-0.3, -0.25) is 4.98 Å². The molecule has 1 unspecified atom stereocenters. The zero-order valence-corrected chi connectivity index (χ0v) is 10.6. The molecule has 0 amide bonds. The monoisotopic (exact) mass is 219 g/mol. The van der Waals surface area contributed by atoms with Crippen LogP contribution in [0.25, 0.3) is 0 Å². The first-order valence-corrected chi connectivity index (χ1v) is 5.92. The quantitative estimate of drug-likeness (QED) is 0.782. The van der Waals surface area contributed by atoms with Crippen molar-refractivity contribution in [3.8, 4) is 0 Å². The number of hydrogen-bond acceptors (Lipinski definition) is 3. The van der Waals surface area contributed by atoms with Crippen LogP contribution >= 0.6 is 0 Å². The van der Waals surface area contributed by atoms with Gasteiger partial charge >= 0.3 is 0 Å². The number of nitrogens with one attached hydrogen (secondary N) is 1. The maximum atomic E-state index is 4.24. The predicted octanol–water partition coefficient (Wildman–Crippen LogP) is 1.97. The van der Waals surface area contributed by atoms with Crippen LogP contribution in [0.3, 0.4) is 0 Å². The van der Waals surface area contributed by atoms with Crippen LogP contribution in [0.4, 0.5) is 5.69 Å². The number of nitrogens with zero attached hydrogens (tertiary/aromatic N) is 2. The third-order valence-corrected chi connectivity index (χ3v) is 3.29. The highest BCUT2D eigenvalue weighted by Gasteiger charge is 2.30. The van der Waals surface area contributed by atoms with E-state index < -0.39 is 0 Å². The van der Waals surface area contributed by atoms with E-state index in [2.05, 4.69) is 49.0 Å². The third-order valence-electron chi connectivity index (χ3n) is 3.29. The van der Waals surface area contributed by atoms with Crippen molar-refractivity contribution >= 4 is 5.69 Å². The van der Waals surface area contributed by atoms with Gasteiger partial charge < -0.3 is 10.2 Å². The molecule has 1 aromatic rings. The van der Waals surface area contributed by atoms with E-state index in [-0.39, 0.29) is 5.54 Å². The van der Waals surface area contributed by atoms with Gasteiger partial charge in [0.25, 0.3) is 0 Å². The van der Waals surface area contributed by atoms with E-state index >= 15 is 0 Å². The summed E-state index contributed by atoms with van der Waals surface area (Å²) in [6.45, 7) is 11.0. The van der Waals surface area contributed by atoms with E-state index in [9.17, 15) is 0 Å². The number of aromatic nitrogens is 1. The molecule has 0 bridgehead atoms. The van der Waals surface area contributed by atoms with Gasteiger partial charge in [-0.2, -0.15) is 0 Å². The highest BCUT2D eigenvalue weighted by molar-refractivity contribution is 5.52. The summed E-state index contributed by atoms with van der Waals surface area (Å²) in [6.07, 6.45) is 3.84. The fraction of sp³-hybridized carbons (Fsp3) is 0.615. The molecule has 2 rings (SSSR count). The molecule has 1 aliphatic rings. The highest BCUT2D eigenvalue weighted by Crippen LogP contribution is 2.25. The summed E-state index contributed by atoms with van der Waals surface area (Å²) >= 11 is 0. The Bertz CT molecular complexity index is 373. The minimum absolute atomic E-state index is 0.175. The molecule has 1 aliphatic heterocycles. The summed E-state index contributed by atoms with van der Waals surface area (Å²) in [5.41, 5.74) is 2.75. The van der Waals surface area contributed by atoms with Crippen molar-refractivity contribution in [2.24, 2.45) is 0 Å². The largest absolute Gasteiger partial charge is 0.364 e. The molecule has 0 spiro atoms. The van der Waals surface area contributed by atoms with Gasteiger partial charge in [-0.05, 0) is 39.3 Å². The van der Waals surface area contributed by atoms with Gasteiger partial charge in [0.15, 0.2) is 0 Å². The number of piperazine rings is 1. The number of pyridine rings is 1. The van der Waals surface area contributed by atoms with Gasteiger partial charge in [-0.25, -0.2) is 0 Å². The summed E-state index contributed by atoms with van der Waals surface area (Å²) in [4.78, 5) is 6.70. The van der Waals surface area contributed by atoms with Gasteiger partial charge in [0, 0.05) is 30.9 Å². The second-order valence-corrected chi connectivity index (χ2v) is 5.40. The van der Waals surface area contributed by atoms with Crippen LogP contribution < -0.4 is 10.2 Å². The molecule has 1 fully saturated rings. The average Bonchev–Trinajstić information content (AvgIpc) is 2.23. The molecule has 3 nitrogen and oxygen atoms in total. The second kappa shape index (κ2) is 4.06. The average molecular weight is 219 g/mol. The third kappa shape index (κ3) is 2.19. The van der Waals surface area contributed by atoms with E-state index in [4.69, 9.17) is 0 Å². The van der Waals surface area contributed by atoms with Crippen molar-refractivity contribution in [2.75, 3.05) is 18.0 Å². The lowest BCUT2D eigenvalue weighted by Crippen LogP contribution is -2.61. The van der Waals surface area contributed by atoms with Gasteiger partial charge in [0.1, 0.15) is 0 Å². The number of hydrogen-bond donors (Lipinski definition) is 1. The summed E-state index contributed by atoms with van der Waals surface area (Å²) in [6, 6.07) is 2.60. The van der Waals surface area contributed by atoms with Crippen LogP contribution in [0.2, 0.25) is 0 Å². The molecular weight excluding hydrogens is 198 g/mol. The van der Waals surface area contributed by atoms with Crippen LogP contribution in [0, 0.1) is 6.92 Å². The smallest absolute Gasteiger partial charge is 0.0585 e. The first kappa shape index (κ1) is 11.4. The SMILES string of the molecule is Cc1ccncc1N1CC(C)(C)NCC1C. The Morgan fingerprint density at radius 3 is 2.94 bits per heavy atom.